The lowest BCUT2D eigenvalue weighted by atomic mass is 10.0. The Kier molecular flexibility index (Phi) is 12.0. The van der Waals surface area contributed by atoms with E-state index in [9.17, 15) is 18.0 Å². The summed E-state index contributed by atoms with van der Waals surface area (Å²) in [5.41, 5.74) is 1.96. The number of benzene rings is 4. The van der Waals surface area contributed by atoms with E-state index in [-0.39, 0.29) is 29.7 Å². The van der Waals surface area contributed by atoms with E-state index in [4.69, 9.17) is 4.74 Å². The average molecular weight is 740 g/mol. The molecule has 4 aromatic carbocycles. The van der Waals surface area contributed by atoms with Crippen LogP contribution in [0.5, 0.6) is 5.75 Å². The number of carbonyl (C=O) groups excluding carboxylic acids is 2. The van der Waals surface area contributed by atoms with Gasteiger partial charge in [-0.05, 0) is 88.2 Å². The molecule has 0 aliphatic heterocycles. The van der Waals surface area contributed by atoms with Gasteiger partial charge in [-0.2, -0.15) is 0 Å². The summed E-state index contributed by atoms with van der Waals surface area (Å²) in [7, 11) is -2.58. The van der Waals surface area contributed by atoms with Crippen molar-refractivity contribution in [1.82, 2.24) is 10.2 Å². The highest BCUT2D eigenvalue weighted by atomic mass is 127. The molecule has 0 aliphatic rings. The standard InChI is InChI=1S/C35H38IN3O5S/c1-26(2)23-37-35(41)33(22-27-11-6-4-7-12-27)38(24-28-13-10-14-31(21-28)44-3)34(40)25-39(30-19-17-29(36)18-20-30)45(42,43)32-15-8-5-9-16-32/h4-21,26,33H,22-25H2,1-3H3,(H,37,41)/t33-/m1/s1. The van der Waals surface area contributed by atoms with Gasteiger partial charge < -0.3 is 15.0 Å². The summed E-state index contributed by atoms with van der Waals surface area (Å²) < 4.78 is 35.6. The monoisotopic (exact) mass is 739 g/mol. The number of halogens is 1. The van der Waals surface area contributed by atoms with Gasteiger partial charge in [0.15, 0.2) is 0 Å². The first-order chi connectivity index (χ1) is 21.6. The minimum Gasteiger partial charge on any atom is -0.497 e. The fraction of sp³-hybridized carbons (Fsp3) is 0.257. The van der Waals surface area contributed by atoms with Gasteiger partial charge in [0.1, 0.15) is 18.3 Å². The highest BCUT2D eigenvalue weighted by Gasteiger charge is 2.34. The summed E-state index contributed by atoms with van der Waals surface area (Å²) in [6.45, 7) is 3.99. The maximum absolute atomic E-state index is 14.5. The van der Waals surface area contributed by atoms with Crippen molar-refractivity contribution < 1.29 is 22.7 Å². The van der Waals surface area contributed by atoms with E-state index < -0.39 is 28.5 Å². The van der Waals surface area contributed by atoms with Crippen LogP contribution in [0.1, 0.15) is 25.0 Å². The molecule has 0 aliphatic carbocycles. The second-order valence-corrected chi connectivity index (χ2v) is 14.1. The molecule has 0 aromatic heterocycles. The number of anilines is 1. The van der Waals surface area contributed by atoms with Gasteiger partial charge in [0.2, 0.25) is 11.8 Å². The Bertz CT molecular complexity index is 1670. The number of nitrogens with zero attached hydrogens (tertiary/aromatic N) is 2. The molecule has 0 saturated heterocycles. The molecule has 10 heteroatoms. The molecule has 1 atom stereocenters. The van der Waals surface area contributed by atoms with Gasteiger partial charge in [0.25, 0.3) is 10.0 Å². The number of sulfonamides is 1. The number of methoxy groups -OCH3 is 1. The molecule has 0 heterocycles. The van der Waals surface area contributed by atoms with Gasteiger partial charge in [-0.3, -0.25) is 13.9 Å². The molecule has 236 valence electrons. The van der Waals surface area contributed by atoms with Crippen molar-refractivity contribution in [3.05, 3.63) is 124 Å². The van der Waals surface area contributed by atoms with Crippen LogP contribution in [0.2, 0.25) is 0 Å². The molecular formula is C35H38IN3O5S. The summed E-state index contributed by atoms with van der Waals surface area (Å²) in [6, 6.07) is 30.8. The Hall–Kier alpha value is -3.90. The lowest BCUT2D eigenvalue weighted by Gasteiger charge is -2.34. The fourth-order valence-electron chi connectivity index (χ4n) is 4.80. The molecule has 1 N–H and O–H groups in total. The van der Waals surface area contributed by atoms with E-state index in [2.05, 4.69) is 27.9 Å². The SMILES string of the molecule is COc1cccc(CN(C(=O)CN(c2ccc(I)cc2)S(=O)(=O)c2ccccc2)[C@H](Cc2ccccc2)C(=O)NCC(C)C)c1. The lowest BCUT2D eigenvalue weighted by molar-refractivity contribution is -0.140. The average Bonchev–Trinajstić information content (AvgIpc) is 3.05. The maximum atomic E-state index is 14.5. The predicted molar refractivity (Wildman–Crippen MR) is 185 cm³/mol. The van der Waals surface area contributed by atoms with Crippen molar-refractivity contribution in [2.45, 2.75) is 37.8 Å². The number of carbonyl (C=O) groups is 2. The molecule has 4 rings (SSSR count). The van der Waals surface area contributed by atoms with Crippen LogP contribution < -0.4 is 14.4 Å². The Morgan fingerprint density at radius 1 is 0.844 bits per heavy atom. The Morgan fingerprint density at radius 2 is 1.47 bits per heavy atom. The zero-order valence-corrected chi connectivity index (χ0v) is 28.6. The van der Waals surface area contributed by atoms with E-state index in [0.29, 0.717) is 18.0 Å². The van der Waals surface area contributed by atoms with Gasteiger partial charge in [-0.25, -0.2) is 8.42 Å². The summed E-state index contributed by atoms with van der Waals surface area (Å²) >= 11 is 2.15. The van der Waals surface area contributed by atoms with Crippen LogP contribution in [-0.4, -0.2) is 51.4 Å². The Morgan fingerprint density at radius 3 is 2.09 bits per heavy atom. The summed E-state index contributed by atoms with van der Waals surface area (Å²) in [6.07, 6.45) is 0.245. The van der Waals surface area contributed by atoms with Crippen molar-refractivity contribution >= 4 is 50.1 Å². The third-order valence-corrected chi connectivity index (χ3v) is 9.67. The first kappa shape index (κ1) is 34.0. The molecule has 0 bridgehead atoms. The largest absolute Gasteiger partial charge is 0.497 e. The van der Waals surface area contributed by atoms with Gasteiger partial charge in [0.05, 0.1) is 17.7 Å². The number of hydrogen-bond donors (Lipinski definition) is 1. The van der Waals surface area contributed by atoms with Crippen molar-refractivity contribution in [3.63, 3.8) is 0 Å². The molecule has 0 fully saturated rings. The van der Waals surface area contributed by atoms with Gasteiger partial charge in [0, 0.05) is 23.1 Å². The van der Waals surface area contributed by atoms with Crippen LogP contribution in [-0.2, 0) is 32.6 Å². The number of nitrogens with one attached hydrogen (secondary N) is 1. The number of rotatable bonds is 14. The van der Waals surface area contributed by atoms with Crippen molar-refractivity contribution in [1.29, 1.82) is 0 Å². The third-order valence-electron chi connectivity index (χ3n) is 7.17. The molecular weight excluding hydrogens is 701 g/mol. The summed E-state index contributed by atoms with van der Waals surface area (Å²) in [4.78, 5) is 29.9. The molecule has 0 spiro atoms. The smallest absolute Gasteiger partial charge is 0.264 e. The van der Waals surface area contributed by atoms with E-state index in [1.807, 2.05) is 62.4 Å². The molecule has 2 amide bonds. The number of ether oxygens (including phenoxy) is 1. The lowest BCUT2D eigenvalue weighted by Crippen LogP contribution is -2.53. The van der Waals surface area contributed by atoms with Crippen LogP contribution in [0.15, 0.2) is 114 Å². The topological polar surface area (TPSA) is 96.0 Å². The highest BCUT2D eigenvalue weighted by Crippen LogP contribution is 2.26. The normalized spacial score (nSPS) is 11.9. The van der Waals surface area contributed by atoms with E-state index in [1.165, 1.54) is 17.0 Å². The van der Waals surface area contributed by atoms with Crippen LogP contribution in [0.25, 0.3) is 0 Å². The summed E-state index contributed by atoms with van der Waals surface area (Å²) in [5, 5.41) is 3.00. The van der Waals surface area contributed by atoms with Gasteiger partial charge in [-0.1, -0.05) is 74.5 Å². The van der Waals surface area contributed by atoms with Crippen LogP contribution in [0.3, 0.4) is 0 Å². The zero-order chi connectivity index (χ0) is 32.4. The minimum atomic E-state index is -4.14. The number of amides is 2. The zero-order valence-electron chi connectivity index (χ0n) is 25.6. The first-order valence-electron chi connectivity index (χ1n) is 14.7. The molecule has 0 saturated carbocycles. The molecule has 45 heavy (non-hydrogen) atoms. The van der Waals surface area contributed by atoms with Crippen molar-refractivity contribution in [2.24, 2.45) is 5.92 Å². The van der Waals surface area contributed by atoms with E-state index >= 15 is 0 Å². The van der Waals surface area contributed by atoms with E-state index in [0.717, 1.165) is 19.0 Å². The van der Waals surface area contributed by atoms with Gasteiger partial charge in [-0.15, -0.1) is 0 Å². The van der Waals surface area contributed by atoms with Crippen LogP contribution in [0.4, 0.5) is 5.69 Å². The molecule has 4 aromatic rings. The molecule has 8 nitrogen and oxygen atoms in total. The summed E-state index contributed by atoms with van der Waals surface area (Å²) in [5.74, 6) is -0.0239. The Labute approximate surface area is 279 Å². The van der Waals surface area contributed by atoms with E-state index in [1.54, 1.807) is 55.6 Å². The Balaban J connectivity index is 1.80. The first-order valence-corrected chi connectivity index (χ1v) is 17.2. The minimum absolute atomic E-state index is 0.0613. The second kappa shape index (κ2) is 15.9. The van der Waals surface area contributed by atoms with Crippen LogP contribution in [0, 0.1) is 9.49 Å². The highest BCUT2D eigenvalue weighted by molar-refractivity contribution is 14.1. The van der Waals surface area contributed by atoms with Crippen molar-refractivity contribution in [3.8, 4) is 5.75 Å². The second-order valence-electron chi connectivity index (χ2n) is 11.0. The predicted octanol–water partition coefficient (Wildman–Crippen LogP) is 5.91. The number of hydrogen-bond acceptors (Lipinski definition) is 5. The maximum Gasteiger partial charge on any atom is 0.264 e. The van der Waals surface area contributed by atoms with Crippen LogP contribution >= 0.6 is 22.6 Å². The molecule has 0 radical (unpaired) electrons. The fourth-order valence-corrected chi connectivity index (χ4v) is 6.59. The quantitative estimate of drug-likeness (QED) is 0.163. The molecule has 0 unspecified atom stereocenters. The third kappa shape index (κ3) is 9.30. The van der Waals surface area contributed by atoms with Crippen molar-refractivity contribution in [2.75, 3.05) is 24.5 Å². The van der Waals surface area contributed by atoms with Gasteiger partial charge >= 0.3 is 0 Å².